The van der Waals surface area contributed by atoms with Crippen molar-refractivity contribution in [1.82, 2.24) is 0 Å². The van der Waals surface area contributed by atoms with Crippen LogP contribution in [0.1, 0.15) is 20.7 Å². The Morgan fingerprint density at radius 3 is 1.70 bits per heavy atom. The van der Waals surface area contributed by atoms with Gasteiger partial charge in [0, 0.05) is 5.56 Å². The molecule has 0 aliphatic heterocycles. The molecule has 0 aromatic heterocycles. The second-order valence-corrected chi connectivity index (χ2v) is 3.69. The van der Waals surface area contributed by atoms with Gasteiger partial charge in [-0.05, 0) is 30.3 Å². The molecule has 0 aliphatic carbocycles. The molecule has 6 nitrogen and oxygen atoms in total. The van der Waals surface area contributed by atoms with Crippen molar-refractivity contribution in [1.29, 1.82) is 0 Å². The Bertz CT molecular complexity index is 601. The topological polar surface area (TPSA) is 115 Å². The van der Waals surface area contributed by atoms with Gasteiger partial charge in [0.25, 0.3) is 0 Å². The maximum Gasteiger partial charge on any atom is 0.158 e. The van der Waals surface area contributed by atoms with Crippen LogP contribution in [-0.4, -0.2) is 33.0 Å². The van der Waals surface area contributed by atoms with E-state index >= 15 is 0 Å². The third kappa shape index (κ3) is 3.74. The van der Waals surface area contributed by atoms with E-state index in [4.69, 9.17) is 20.4 Å². The summed E-state index contributed by atoms with van der Waals surface area (Å²) in [5.74, 6) is -0.889. The zero-order valence-corrected chi connectivity index (χ0v) is 10.2. The number of benzene rings is 2. The van der Waals surface area contributed by atoms with Crippen LogP contribution < -0.4 is 0 Å². The van der Waals surface area contributed by atoms with E-state index in [-0.39, 0.29) is 28.6 Å². The molecule has 2 aromatic carbocycles. The molecule has 0 radical (unpaired) electrons. The fraction of sp³-hybridized carbons (Fsp3) is 0. The van der Waals surface area contributed by atoms with Crippen LogP contribution in [0.25, 0.3) is 0 Å². The molecule has 0 heterocycles. The highest BCUT2D eigenvalue weighted by atomic mass is 16.3. The zero-order chi connectivity index (χ0) is 15.1. The average Bonchev–Trinajstić information content (AvgIpc) is 2.43. The van der Waals surface area contributed by atoms with Gasteiger partial charge in [-0.15, -0.1) is 0 Å². The minimum absolute atomic E-state index is 0.0671. The third-order valence-electron chi connectivity index (χ3n) is 2.31. The number of carbonyl (C=O) groups excluding carboxylic acids is 2. The smallest absolute Gasteiger partial charge is 0.158 e. The molecule has 0 spiro atoms. The summed E-state index contributed by atoms with van der Waals surface area (Å²) in [6, 6.07) is 8.01. The summed E-state index contributed by atoms with van der Waals surface area (Å²) in [6.45, 7) is 0. The number of carbonyl (C=O) groups is 2. The summed E-state index contributed by atoms with van der Waals surface area (Å²) in [5.41, 5.74) is 0.276. The number of aldehydes is 2. The number of phenolic OH excluding ortho intramolecular Hbond substituents is 4. The molecular formula is C14H12O6. The lowest BCUT2D eigenvalue weighted by atomic mass is 10.2. The molecule has 0 atom stereocenters. The standard InChI is InChI=1S/2C7H6O3/c8-4-5-1-2-6(9)7(10)3-5;8-4-5-6(9)2-1-3-7(5)10/h2*1-4,9-10H. The van der Waals surface area contributed by atoms with Crippen molar-refractivity contribution in [3.05, 3.63) is 47.5 Å². The summed E-state index contributed by atoms with van der Waals surface area (Å²) in [7, 11) is 0. The summed E-state index contributed by atoms with van der Waals surface area (Å²) >= 11 is 0. The first-order chi connectivity index (χ1) is 9.49. The molecule has 4 N–H and O–H groups in total. The Balaban J connectivity index is 0.000000200. The quantitative estimate of drug-likeness (QED) is 0.491. The van der Waals surface area contributed by atoms with Crippen molar-refractivity contribution >= 4 is 12.6 Å². The summed E-state index contributed by atoms with van der Waals surface area (Å²) in [5, 5.41) is 35.4. The molecule has 6 heteroatoms. The van der Waals surface area contributed by atoms with E-state index in [1.807, 2.05) is 0 Å². The van der Waals surface area contributed by atoms with Gasteiger partial charge in [-0.2, -0.15) is 0 Å². The van der Waals surface area contributed by atoms with Gasteiger partial charge in [-0.1, -0.05) is 6.07 Å². The lowest BCUT2D eigenvalue weighted by Crippen LogP contribution is -1.80. The van der Waals surface area contributed by atoms with Crippen LogP contribution in [0.15, 0.2) is 36.4 Å². The molecule has 104 valence electrons. The van der Waals surface area contributed by atoms with Gasteiger partial charge in [0.2, 0.25) is 0 Å². The summed E-state index contributed by atoms with van der Waals surface area (Å²) in [4.78, 5) is 20.2. The summed E-state index contributed by atoms with van der Waals surface area (Å²) < 4.78 is 0. The number of rotatable bonds is 2. The Morgan fingerprint density at radius 1 is 0.700 bits per heavy atom. The first-order valence-corrected chi connectivity index (χ1v) is 5.43. The Morgan fingerprint density at radius 2 is 1.30 bits per heavy atom. The van der Waals surface area contributed by atoms with E-state index in [1.165, 1.54) is 36.4 Å². The van der Waals surface area contributed by atoms with Crippen LogP contribution in [0.2, 0.25) is 0 Å². The minimum atomic E-state index is -0.274. The lowest BCUT2D eigenvalue weighted by molar-refractivity contribution is 0.111. The van der Waals surface area contributed by atoms with Crippen molar-refractivity contribution in [2.75, 3.05) is 0 Å². The predicted octanol–water partition coefficient (Wildman–Crippen LogP) is 1.82. The number of hydrogen-bond acceptors (Lipinski definition) is 6. The third-order valence-corrected chi connectivity index (χ3v) is 2.31. The van der Waals surface area contributed by atoms with E-state index < -0.39 is 0 Å². The van der Waals surface area contributed by atoms with Crippen LogP contribution in [0.5, 0.6) is 23.0 Å². The van der Waals surface area contributed by atoms with Crippen LogP contribution in [0, 0.1) is 0 Å². The van der Waals surface area contributed by atoms with Crippen molar-refractivity contribution in [2.24, 2.45) is 0 Å². The fourth-order valence-corrected chi connectivity index (χ4v) is 1.28. The highest BCUT2D eigenvalue weighted by molar-refractivity contribution is 5.83. The van der Waals surface area contributed by atoms with E-state index in [0.717, 1.165) is 0 Å². The zero-order valence-electron chi connectivity index (χ0n) is 10.2. The SMILES string of the molecule is O=Cc1c(O)cccc1O.O=Cc1ccc(O)c(O)c1. The molecule has 0 saturated heterocycles. The second kappa shape index (κ2) is 6.79. The van der Waals surface area contributed by atoms with Crippen molar-refractivity contribution < 1.29 is 30.0 Å². The Labute approximate surface area is 114 Å². The highest BCUT2D eigenvalue weighted by Crippen LogP contribution is 2.24. The number of aromatic hydroxyl groups is 4. The predicted molar refractivity (Wildman–Crippen MR) is 70.3 cm³/mol. The first-order valence-electron chi connectivity index (χ1n) is 5.43. The van der Waals surface area contributed by atoms with Crippen molar-refractivity contribution in [3.63, 3.8) is 0 Å². The largest absolute Gasteiger partial charge is 0.507 e. The number of phenols is 4. The van der Waals surface area contributed by atoms with Gasteiger partial charge in [-0.25, -0.2) is 0 Å². The Kier molecular flexibility index (Phi) is 5.11. The molecule has 20 heavy (non-hydrogen) atoms. The van der Waals surface area contributed by atoms with Crippen molar-refractivity contribution in [2.45, 2.75) is 0 Å². The van der Waals surface area contributed by atoms with E-state index in [2.05, 4.69) is 0 Å². The van der Waals surface area contributed by atoms with E-state index in [1.54, 1.807) is 0 Å². The average molecular weight is 276 g/mol. The van der Waals surface area contributed by atoms with Crippen LogP contribution in [0.3, 0.4) is 0 Å². The molecule has 0 aliphatic rings. The lowest BCUT2D eigenvalue weighted by Gasteiger charge is -1.97. The van der Waals surface area contributed by atoms with Crippen LogP contribution >= 0.6 is 0 Å². The van der Waals surface area contributed by atoms with Gasteiger partial charge < -0.3 is 20.4 Å². The molecule has 2 aromatic rings. The fourth-order valence-electron chi connectivity index (χ4n) is 1.28. The molecule has 0 unspecified atom stereocenters. The van der Waals surface area contributed by atoms with E-state index in [0.29, 0.717) is 18.1 Å². The van der Waals surface area contributed by atoms with Crippen molar-refractivity contribution in [3.8, 4) is 23.0 Å². The Hall–Kier alpha value is -3.02. The number of hydrogen-bond donors (Lipinski definition) is 4. The molecular weight excluding hydrogens is 264 g/mol. The molecule has 0 bridgehead atoms. The molecule has 0 saturated carbocycles. The van der Waals surface area contributed by atoms with Gasteiger partial charge in [-0.3, -0.25) is 9.59 Å². The normalized spacial score (nSPS) is 9.20. The van der Waals surface area contributed by atoms with Gasteiger partial charge in [0.15, 0.2) is 17.8 Å². The molecule has 0 fully saturated rings. The summed E-state index contributed by atoms with van der Waals surface area (Å²) in [6.07, 6.45) is 1.00. The van der Waals surface area contributed by atoms with Crippen LogP contribution in [-0.2, 0) is 0 Å². The maximum absolute atomic E-state index is 10.1. The van der Waals surface area contributed by atoms with Crippen LogP contribution in [0.4, 0.5) is 0 Å². The monoisotopic (exact) mass is 276 g/mol. The van der Waals surface area contributed by atoms with Gasteiger partial charge in [0.05, 0.1) is 5.56 Å². The molecule has 0 amide bonds. The van der Waals surface area contributed by atoms with Gasteiger partial charge >= 0.3 is 0 Å². The molecule has 2 rings (SSSR count). The first kappa shape index (κ1) is 15.0. The van der Waals surface area contributed by atoms with E-state index in [9.17, 15) is 9.59 Å². The minimum Gasteiger partial charge on any atom is -0.507 e. The maximum atomic E-state index is 10.1. The highest BCUT2D eigenvalue weighted by Gasteiger charge is 2.02. The second-order valence-electron chi connectivity index (χ2n) is 3.69. The van der Waals surface area contributed by atoms with Gasteiger partial charge in [0.1, 0.15) is 17.8 Å².